The van der Waals surface area contributed by atoms with Crippen LogP contribution in [0.2, 0.25) is 0 Å². The van der Waals surface area contributed by atoms with E-state index in [4.69, 9.17) is 0 Å². The van der Waals surface area contributed by atoms with Crippen LogP contribution in [0.25, 0.3) is 0 Å². The molecule has 1 fully saturated rings. The number of hydrogen-bond acceptors (Lipinski definition) is 1. The van der Waals surface area contributed by atoms with Gasteiger partial charge in [-0.2, -0.15) is 0 Å². The first-order valence-electron chi connectivity index (χ1n) is 6.65. The van der Waals surface area contributed by atoms with Gasteiger partial charge in [0.1, 0.15) is 11.0 Å². The summed E-state index contributed by atoms with van der Waals surface area (Å²) in [4.78, 5) is 0. The number of rotatable bonds is 2. The lowest BCUT2D eigenvalue weighted by Crippen LogP contribution is -2.37. The molecule has 0 N–H and O–H groups in total. The molecule has 2 atom stereocenters. The van der Waals surface area contributed by atoms with Crippen LogP contribution in [0.15, 0.2) is 24.3 Å². The third kappa shape index (κ3) is 2.83. The predicted molar refractivity (Wildman–Crippen MR) is 77.8 cm³/mol. The van der Waals surface area contributed by atoms with Crippen LogP contribution in [0.4, 0.5) is 0 Å². The topological polar surface area (TPSA) is 20.3 Å². The van der Waals surface area contributed by atoms with E-state index in [-0.39, 0.29) is 4.75 Å². The fourth-order valence-corrected chi connectivity index (χ4v) is 3.87. The molecule has 3 heteroatoms. The molecule has 18 heavy (non-hydrogen) atoms. The van der Waals surface area contributed by atoms with Gasteiger partial charge in [0, 0.05) is 12.6 Å². The highest BCUT2D eigenvalue weighted by molar-refractivity contribution is 7.84. The maximum Gasteiger partial charge on any atom is 0.100 e. The van der Waals surface area contributed by atoms with Gasteiger partial charge in [0.05, 0.1) is 4.75 Å². The lowest BCUT2D eigenvalue weighted by atomic mass is 10.0. The zero-order chi connectivity index (χ0) is 13.3. The second-order valence-electron chi connectivity index (χ2n) is 6.07. The van der Waals surface area contributed by atoms with Gasteiger partial charge < -0.3 is 0 Å². The molecule has 100 valence electrons. The molecule has 0 aromatic heterocycles. The molecule has 1 aliphatic rings. The van der Waals surface area contributed by atoms with E-state index in [0.717, 1.165) is 19.4 Å². The van der Waals surface area contributed by atoms with Crippen molar-refractivity contribution in [2.75, 3.05) is 6.54 Å². The SMILES string of the molecule is Cc1ccc(C2CCCN2S(=O)C(C)(C)C)cc1. The largest absolute Gasteiger partial charge is 0.242 e. The van der Waals surface area contributed by atoms with Crippen molar-refractivity contribution in [1.82, 2.24) is 4.31 Å². The number of nitrogens with zero attached hydrogens (tertiary/aromatic N) is 1. The average Bonchev–Trinajstić information content (AvgIpc) is 2.76. The Morgan fingerprint density at radius 1 is 1.22 bits per heavy atom. The molecule has 1 aromatic rings. The van der Waals surface area contributed by atoms with Crippen molar-refractivity contribution in [3.05, 3.63) is 35.4 Å². The number of benzene rings is 1. The Balaban J connectivity index is 2.22. The Bertz CT molecular complexity index is 433. The van der Waals surface area contributed by atoms with Gasteiger partial charge in [0.25, 0.3) is 0 Å². The van der Waals surface area contributed by atoms with Gasteiger partial charge in [-0.05, 0) is 46.1 Å². The third-order valence-electron chi connectivity index (χ3n) is 3.40. The van der Waals surface area contributed by atoms with E-state index in [0.29, 0.717) is 6.04 Å². The van der Waals surface area contributed by atoms with Gasteiger partial charge in [0.15, 0.2) is 0 Å². The van der Waals surface area contributed by atoms with Gasteiger partial charge in [-0.25, -0.2) is 8.51 Å². The Labute approximate surface area is 113 Å². The Morgan fingerprint density at radius 2 is 1.83 bits per heavy atom. The Kier molecular flexibility index (Phi) is 3.93. The molecule has 1 saturated heterocycles. The summed E-state index contributed by atoms with van der Waals surface area (Å²) in [5.74, 6) is 0. The van der Waals surface area contributed by atoms with Crippen molar-refractivity contribution in [2.45, 2.75) is 51.3 Å². The summed E-state index contributed by atoms with van der Waals surface area (Å²) >= 11 is 0. The minimum Gasteiger partial charge on any atom is -0.242 e. The highest BCUT2D eigenvalue weighted by atomic mass is 32.2. The summed E-state index contributed by atoms with van der Waals surface area (Å²) in [5, 5.41) is 0. The lowest BCUT2D eigenvalue weighted by Gasteiger charge is -2.30. The summed E-state index contributed by atoms with van der Waals surface area (Å²) < 4.78 is 14.6. The Morgan fingerprint density at radius 3 is 2.39 bits per heavy atom. The van der Waals surface area contributed by atoms with Crippen molar-refractivity contribution in [1.29, 1.82) is 0 Å². The van der Waals surface area contributed by atoms with Gasteiger partial charge in [-0.15, -0.1) is 0 Å². The fraction of sp³-hybridized carbons (Fsp3) is 0.600. The van der Waals surface area contributed by atoms with Crippen molar-refractivity contribution in [3.63, 3.8) is 0 Å². The zero-order valence-corrected chi connectivity index (χ0v) is 12.6. The van der Waals surface area contributed by atoms with Crippen LogP contribution in [-0.2, 0) is 11.0 Å². The molecule has 1 aromatic carbocycles. The van der Waals surface area contributed by atoms with Crippen LogP contribution in [0.3, 0.4) is 0 Å². The highest BCUT2D eigenvalue weighted by Crippen LogP contribution is 2.35. The van der Waals surface area contributed by atoms with Crippen molar-refractivity contribution in [3.8, 4) is 0 Å². The van der Waals surface area contributed by atoms with E-state index in [1.807, 2.05) is 20.8 Å². The quantitative estimate of drug-likeness (QED) is 0.800. The Hall–Kier alpha value is -0.670. The minimum atomic E-state index is -0.915. The molecule has 1 heterocycles. The van der Waals surface area contributed by atoms with Gasteiger partial charge in [-0.3, -0.25) is 0 Å². The van der Waals surface area contributed by atoms with Crippen LogP contribution in [0.5, 0.6) is 0 Å². The van der Waals surface area contributed by atoms with E-state index >= 15 is 0 Å². The van der Waals surface area contributed by atoms with E-state index in [1.165, 1.54) is 11.1 Å². The molecule has 1 aliphatic heterocycles. The first kappa shape index (κ1) is 13.8. The maximum absolute atomic E-state index is 12.6. The van der Waals surface area contributed by atoms with Crippen LogP contribution in [-0.4, -0.2) is 19.8 Å². The lowest BCUT2D eigenvalue weighted by molar-refractivity contribution is 0.416. The standard InChI is InChI=1S/C15H23NOS/c1-12-7-9-13(10-8-12)14-6-5-11-16(14)18(17)15(2,3)4/h7-10,14H,5-6,11H2,1-4H3. The predicted octanol–water partition coefficient (Wildman–Crippen LogP) is 3.59. The fourth-order valence-electron chi connectivity index (χ4n) is 2.41. The van der Waals surface area contributed by atoms with Gasteiger partial charge >= 0.3 is 0 Å². The van der Waals surface area contributed by atoms with Gasteiger partial charge in [0.2, 0.25) is 0 Å². The van der Waals surface area contributed by atoms with Crippen molar-refractivity contribution < 1.29 is 4.21 Å². The van der Waals surface area contributed by atoms with Crippen molar-refractivity contribution in [2.24, 2.45) is 0 Å². The summed E-state index contributed by atoms with van der Waals surface area (Å²) in [6.07, 6.45) is 2.26. The normalized spacial score (nSPS) is 23.2. The molecular weight excluding hydrogens is 242 g/mol. The highest BCUT2D eigenvalue weighted by Gasteiger charge is 2.35. The van der Waals surface area contributed by atoms with Crippen LogP contribution >= 0.6 is 0 Å². The molecule has 2 unspecified atom stereocenters. The summed E-state index contributed by atoms with van der Waals surface area (Å²) in [7, 11) is -0.915. The van der Waals surface area contributed by atoms with E-state index in [1.54, 1.807) is 0 Å². The first-order chi connectivity index (χ1) is 8.39. The molecule has 0 aliphatic carbocycles. The molecular formula is C15H23NOS. The average molecular weight is 265 g/mol. The molecule has 0 spiro atoms. The zero-order valence-electron chi connectivity index (χ0n) is 11.8. The molecule has 0 radical (unpaired) electrons. The molecule has 2 rings (SSSR count). The summed E-state index contributed by atoms with van der Waals surface area (Å²) in [5.41, 5.74) is 2.58. The molecule has 0 amide bonds. The van der Waals surface area contributed by atoms with Crippen LogP contribution < -0.4 is 0 Å². The molecule has 0 saturated carbocycles. The van der Waals surface area contributed by atoms with E-state index in [9.17, 15) is 4.21 Å². The summed E-state index contributed by atoms with van der Waals surface area (Å²) in [6.45, 7) is 9.20. The second-order valence-corrected chi connectivity index (χ2v) is 8.26. The summed E-state index contributed by atoms with van der Waals surface area (Å²) in [6, 6.07) is 8.97. The smallest absolute Gasteiger partial charge is 0.100 e. The number of aryl methyl sites for hydroxylation is 1. The van der Waals surface area contributed by atoms with E-state index in [2.05, 4.69) is 35.5 Å². The van der Waals surface area contributed by atoms with Crippen molar-refractivity contribution >= 4 is 11.0 Å². The van der Waals surface area contributed by atoms with Crippen LogP contribution in [0, 0.1) is 6.92 Å². The van der Waals surface area contributed by atoms with E-state index < -0.39 is 11.0 Å². The number of hydrogen-bond donors (Lipinski definition) is 0. The van der Waals surface area contributed by atoms with Crippen LogP contribution in [0.1, 0.15) is 50.8 Å². The minimum absolute atomic E-state index is 0.173. The third-order valence-corrected chi connectivity index (χ3v) is 5.31. The first-order valence-corrected chi connectivity index (χ1v) is 7.75. The molecule has 0 bridgehead atoms. The molecule has 2 nitrogen and oxygen atoms in total. The van der Waals surface area contributed by atoms with Gasteiger partial charge in [-0.1, -0.05) is 29.8 Å². The second kappa shape index (κ2) is 5.14. The monoisotopic (exact) mass is 265 g/mol. The maximum atomic E-state index is 12.6.